The Bertz CT molecular complexity index is 689. The summed E-state index contributed by atoms with van der Waals surface area (Å²) in [6, 6.07) is 7.32. The van der Waals surface area contributed by atoms with E-state index in [1.807, 2.05) is 31.1 Å². The van der Waals surface area contributed by atoms with Crippen molar-refractivity contribution in [1.82, 2.24) is 4.98 Å². The van der Waals surface area contributed by atoms with Gasteiger partial charge in [0.2, 0.25) is 5.91 Å². The molecule has 0 atom stereocenters. The third-order valence-electron chi connectivity index (χ3n) is 3.41. The molecular formula is C17H20ClN3O2. The third kappa shape index (κ3) is 4.60. The summed E-state index contributed by atoms with van der Waals surface area (Å²) in [5.74, 6) is 0.571. The van der Waals surface area contributed by atoms with Crippen LogP contribution < -0.4 is 15.0 Å². The van der Waals surface area contributed by atoms with Gasteiger partial charge < -0.3 is 15.0 Å². The van der Waals surface area contributed by atoms with Crippen LogP contribution in [0.4, 0.5) is 11.4 Å². The first-order valence-corrected chi connectivity index (χ1v) is 7.62. The predicted molar refractivity (Wildman–Crippen MR) is 93.5 cm³/mol. The third-order valence-corrected chi connectivity index (χ3v) is 3.72. The van der Waals surface area contributed by atoms with E-state index in [1.54, 1.807) is 31.6 Å². The van der Waals surface area contributed by atoms with Crippen molar-refractivity contribution in [2.75, 3.05) is 31.4 Å². The number of carbonyl (C=O) groups excluding carboxylic acids is 1. The molecular weight excluding hydrogens is 314 g/mol. The molecule has 0 radical (unpaired) electrons. The maximum Gasteiger partial charge on any atom is 0.224 e. The Morgan fingerprint density at radius 3 is 2.83 bits per heavy atom. The van der Waals surface area contributed by atoms with Gasteiger partial charge in [-0.2, -0.15) is 0 Å². The van der Waals surface area contributed by atoms with Gasteiger partial charge in [0.05, 0.1) is 29.7 Å². The zero-order valence-electron chi connectivity index (χ0n) is 13.5. The number of nitrogens with one attached hydrogen (secondary N) is 1. The molecule has 0 aliphatic carbocycles. The quantitative estimate of drug-likeness (QED) is 0.880. The summed E-state index contributed by atoms with van der Waals surface area (Å²) < 4.78 is 5.19. The van der Waals surface area contributed by atoms with Gasteiger partial charge in [-0.1, -0.05) is 17.7 Å². The van der Waals surface area contributed by atoms with E-state index in [-0.39, 0.29) is 5.91 Å². The molecule has 1 N–H and O–H groups in total. The number of carbonyl (C=O) groups is 1. The maximum atomic E-state index is 12.2. The summed E-state index contributed by atoms with van der Waals surface area (Å²) in [6.45, 7) is 0. The fourth-order valence-electron chi connectivity index (χ4n) is 2.18. The monoisotopic (exact) mass is 333 g/mol. The minimum Gasteiger partial charge on any atom is -0.495 e. The number of methoxy groups -OCH3 is 1. The molecule has 2 aromatic rings. The number of pyridine rings is 1. The predicted octanol–water partition coefficient (Wildman–Crippen LogP) is 3.38. The number of anilines is 2. The molecule has 0 aliphatic heterocycles. The molecule has 6 heteroatoms. The van der Waals surface area contributed by atoms with Gasteiger partial charge in [-0.15, -0.1) is 0 Å². The smallest absolute Gasteiger partial charge is 0.224 e. The van der Waals surface area contributed by atoms with Crippen LogP contribution in [0.3, 0.4) is 0 Å². The van der Waals surface area contributed by atoms with Crippen LogP contribution in [-0.4, -0.2) is 32.1 Å². The lowest BCUT2D eigenvalue weighted by atomic mass is 10.1. The highest BCUT2D eigenvalue weighted by atomic mass is 35.5. The van der Waals surface area contributed by atoms with Crippen molar-refractivity contribution in [2.24, 2.45) is 0 Å². The number of ether oxygens (including phenoxy) is 1. The van der Waals surface area contributed by atoms with Gasteiger partial charge in [-0.3, -0.25) is 9.78 Å². The summed E-state index contributed by atoms with van der Waals surface area (Å²) in [5.41, 5.74) is 2.63. The topological polar surface area (TPSA) is 54.5 Å². The van der Waals surface area contributed by atoms with Crippen molar-refractivity contribution in [1.29, 1.82) is 0 Å². The van der Waals surface area contributed by atoms with Crippen molar-refractivity contribution in [3.05, 3.63) is 47.2 Å². The number of rotatable bonds is 6. The molecule has 0 spiro atoms. The fourth-order valence-corrected chi connectivity index (χ4v) is 2.37. The van der Waals surface area contributed by atoms with Crippen molar-refractivity contribution in [2.45, 2.75) is 12.8 Å². The number of hydrogen-bond donors (Lipinski definition) is 1. The van der Waals surface area contributed by atoms with Crippen LogP contribution in [0.15, 0.2) is 36.7 Å². The molecule has 0 bridgehead atoms. The Morgan fingerprint density at radius 2 is 2.13 bits per heavy atom. The van der Waals surface area contributed by atoms with Gasteiger partial charge in [0, 0.05) is 26.7 Å². The van der Waals surface area contributed by atoms with Gasteiger partial charge in [0.25, 0.3) is 0 Å². The molecule has 1 aromatic carbocycles. The minimum atomic E-state index is -0.0479. The highest BCUT2D eigenvalue weighted by Gasteiger charge is 2.09. The Balaban J connectivity index is 1.98. The van der Waals surface area contributed by atoms with Gasteiger partial charge in [-0.05, 0) is 30.2 Å². The Labute approximate surface area is 141 Å². The summed E-state index contributed by atoms with van der Waals surface area (Å²) >= 11 is 6.00. The first kappa shape index (κ1) is 17.1. The van der Waals surface area contributed by atoms with E-state index < -0.39 is 0 Å². The molecule has 0 aliphatic rings. The first-order valence-electron chi connectivity index (χ1n) is 7.25. The van der Waals surface area contributed by atoms with E-state index >= 15 is 0 Å². The van der Waals surface area contributed by atoms with Crippen LogP contribution >= 0.6 is 11.6 Å². The first-order chi connectivity index (χ1) is 11.0. The van der Waals surface area contributed by atoms with Crippen LogP contribution in [-0.2, 0) is 11.2 Å². The van der Waals surface area contributed by atoms with E-state index in [4.69, 9.17) is 16.3 Å². The summed E-state index contributed by atoms with van der Waals surface area (Å²) in [5, 5.41) is 3.49. The average Bonchev–Trinajstić information content (AvgIpc) is 2.54. The number of aromatic nitrogens is 1. The Hall–Kier alpha value is -2.27. The van der Waals surface area contributed by atoms with Crippen LogP contribution in [0, 0.1) is 0 Å². The van der Waals surface area contributed by atoms with Crippen LogP contribution in [0.25, 0.3) is 0 Å². The molecule has 0 saturated heterocycles. The minimum absolute atomic E-state index is 0.0479. The van der Waals surface area contributed by atoms with Crippen molar-refractivity contribution in [3.8, 4) is 5.75 Å². The lowest BCUT2D eigenvalue weighted by Gasteiger charge is -2.17. The highest BCUT2D eigenvalue weighted by molar-refractivity contribution is 6.32. The number of halogens is 1. The molecule has 0 unspecified atom stereocenters. The van der Waals surface area contributed by atoms with Gasteiger partial charge >= 0.3 is 0 Å². The van der Waals surface area contributed by atoms with Crippen LogP contribution in [0.2, 0.25) is 5.02 Å². The van der Waals surface area contributed by atoms with E-state index in [0.717, 1.165) is 16.9 Å². The number of benzene rings is 1. The largest absolute Gasteiger partial charge is 0.495 e. The number of hydrogen-bond acceptors (Lipinski definition) is 4. The highest BCUT2D eigenvalue weighted by Crippen LogP contribution is 2.26. The SMILES string of the molecule is COc1cc(CCC(=O)Nc2ccncc2N(C)C)ccc1Cl. The van der Waals surface area contributed by atoms with E-state index in [9.17, 15) is 4.79 Å². The second kappa shape index (κ2) is 7.83. The van der Waals surface area contributed by atoms with Crippen molar-refractivity contribution in [3.63, 3.8) is 0 Å². The number of nitrogens with zero attached hydrogens (tertiary/aromatic N) is 2. The zero-order chi connectivity index (χ0) is 16.8. The summed E-state index contributed by atoms with van der Waals surface area (Å²) in [4.78, 5) is 18.2. The second-order valence-electron chi connectivity index (χ2n) is 5.30. The van der Waals surface area contributed by atoms with E-state index in [2.05, 4.69) is 10.3 Å². The molecule has 1 aromatic heterocycles. The van der Waals surface area contributed by atoms with Crippen LogP contribution in [0.5, 0.6) is 5.75 Å². The number of amides is 1. The lowest BCUT2D eigenvalue weighted by Crippen LogP contribution is -2.17. The molecule has 5 nitrogen and oxygen atoms in total. The van der Waals surface area contributed by atoms with Crippen LogP contribution in [0.1, 0.15) is 12.0 Å². The summed E-state index contributed by atoms with van der Waals surface area (Å²) in [7, 11) is 5.39. The molecule has 122 valence electrons. The molecule has 0 fully saturated rings. The fraction of sp³-hybridized carbons (Fsp3) is 0.294. The molecule has 0 saturated carbocycles. The van der Waals surface area contributed by atoms with Gasteiger partial charge in [-0.25, -0.2) is 0 Å². The lowest BCUT2D eigenvalue weighted by molar-refractivity contribution is -0.116. The molecule has 23 heavy (non-hydrogen) atoms. The van der Waals surface area contributed by atoms with E-state index in [0.29, 0.717) is 23.6 Å². The molecule has 1 heterocycles. The van der Waals surface area contributed by atoms with Crippen molar-refractivity contribution >= 4 is 28.9 Å². The normalized spacial score (nSPS) is 10.3. The zero-order valence-corrected chi connectivity index (χ0v) is 14.2. The Kier molecular flexibility index (Phi) is 5.82. The average molecular weight is 334 g/mol. The van der Waals surface area contributed by atoms with Gasteiger partial charge in [0.1, 0.15) is 5.75 Å². The van der Waals surface area contributed by atoms with Gasteiger partial charge in [0.15, 0.2) is 0 Å². The Morgan fingerprint density at radius 1 is 1.35 bits per heavy atom. The number of aryl methyl sites for hydroxylation is 1. The maximum absolute atomic E-state index is 12.2. The molecule has 1 amide bonds. The van der Waals surface area contributed by atoms with E-state index in [1.165, 1.54) is 0 Å². The summed E-state index contributed by atoms with van der Waals surface area (Å²) in [6.07, 6.45) is 4.37. The molecule has 2 rings (SSSR count). The second-order valence-corrected chi connectivity index (χ2v) is 5.71. The van der Waals surface area contributed by atoms with Crippen molar-refractivity contribution < 1.29 is 9.53 Å². The standard InChI is InChI=1S/C17H20ClN3O2/c1-21(2)15-11-19-9-8-14(15)20-17(22)7-5-12-4-6-13(18)16(10-12)23-3/h4,6,8-11H,5,7H2,1-3H3,(H,19,20,22).